The van der Waals surface area contributed by atoms with Crippen LogP contribution in [0.25, 0.3) is 5.69 Å². The van der Waals surface area contributed by atoms with Gasteiger partial charge in [0.25, 0.3) is 0 Å². The molecule has 6 heteroatoms. The van der Waals surface area contributed by atoms with Crippen molar-refractivity contribution in [3.8, 4) is 5.69 Å². The van der Waals surface area contributed by atoms with Crippen molar-refractivity contribution in [1.29, 1.82) is 0 Å². The van der Waals surface area contributed by atoms with Crippen LogP contribution in [0.4, 0.5) is 0 Å². The number of nitrogens with one attached hydrogen (secondary N) is 1. The standard InChI is InChI=1S/C14H20BrN5/c1-9(2)8-16-11(4)14-17-18-19-20(14)13-7-12(15)6-5-10(13)3/h5-7,9,11,16H,8H2,1-4H3. The first-order valence-electron chi connectivity index (χ1n) is 6.77. The molecule has 0 spiro atoms. The summed E-state index contributed by atoms with van der Waals surface area (Å²) in [5, 5.41) is 15.6. The third-order valence-corrected chi connectivity index (χ3v) is 3.61. The Morgan fingerprint density at radius 2 is 2.05 bits per heavy atom. The molecule has 0 amide bonds. The number of hydrogen-bond acceptors (Lipinski definition) is 4. The van der Waals surface area contributed by atoms with Crippen LogP contribution in [0.2, 0.25) is 0 Å². The van der Waals surface area contributed by atoms with E-state index in [9.17, 15) is 0 Å². The molecule has 0 aliphatic rings. The molecule has 2 aromatic rings. The zero-order chi connectivity index (χ0) is 14.7. The van der Waals surface area contributed by atoms with E-state index in [0.29, 0.717) is 5.92 Å². The van der Waals surface area contributed by atoms with E-state index >= 15 is 0 Å². The third-order valence-electron chi connectivity index (χ3n) is 3.11. The van der Waals surface area contributed by atoms with Crippen molar-refractivity contribution in [1.82, 2.24) is 25.5 Å². The van der Waals surface area contributed by atoms with Gasteiger partial charge in [-0.3, -0.25) is 0 Å². The van der Waals surface area contributed by atoms with E-state index in [-0.39, 0.29) is 6.04 Å². The molecule has 0 saturated heterocycles. The molecule has 0 radical (unpaired) electrons. The highest BCUT2D eigenvalue weighted by atomic mass is 79.9. The first kappa shape index (κ1) is 15.1. The normalized spacial score (nSPS) is 12.9. The first-order chi connectivity index (χ1) is 9.49. The number of aryl methyl sites for hydroxylation is 1. The van der Waals surface area contributed by atoms with Crippen LogP contribution in [0.5, 0.6) is 0 Å². The van der Waals surface area contributed by atoms with Gasteiger partial charge < -0.3 is 5.32 Å². The molecule has 0 aliphatic heterocycles. The molecule has 20 heavy (non-hydrogen) atoms. The van der Waals surface area contributed by atoms with E-state index in [0.717, 1.165) is 28.1 Å². The number of tetrazole rings is 1. The lowest BCUT2D eigenvalue weighted by Crippen LogP contribution is -2.26. The Morgan fingerprint density at radius 1 is 1.30 bits per heavy atom. The molecular formula is C14H20BrN5. The second kappa shape index (κ2) is 6.45. The maximum atomic E-state index is 4.17. The van der Waals surface area contributed by atoms with Gasteiger partial charge in [-0.1, -0.05) is 35.8 Å². The minimum atomic E-state index is 0.103. The topological polar surface area (TPSA) is 55.6 Å². The van der Waals surface area contributed by atoms with Crippen molar-refractivity contribution in [2.24, 2.45) is 5.92 Å². The zero-order valence-corrected chi connectivity index (χ0v) is 13.8. The summed E-state index contributed by atoms with van der Waals surface area (Å²) in [5.41, 5.74) is 2.13. The Bertz CT molecular complexity index is 579. The maximum Gasteiger partial charge on any atom is 0.173 e. The van der Waals surface area contributed by atoms with Gasteiger partial charge in [0.15, 0.2) is 5.82 Å². The quantitative estimate of drug-likeness (QED) is 0.910. The van der Waals surface area contributed by atoms with Crippen LogP contribution >= 0.6 is 15.9 Å². The second-order valence-corrected chi connectivity index (χ2v) is 6.32. The fourth-order valence-electron chi connectivity index (χ4n) is 1.95. The molecule has 1 N–H and O–H groups in total. The Morgan fingerprint density at radius 3 is 2.75 bits per heavy atom. The molecule has 0 saturated carbocycles. The van der Waals surface area contributed by atoms with Gasteiger partial charge in [0.2, 0.25) is 0 Å². The lowest BCUT2D eigenvalue weighted by Gasteiger charge is -2.16. The first-order valence-corrected chi connectivity index (χ1v) is 7.56. The van der Waals surface area contributed by atoms with Crippen molar-refractivity contribution < 1.29 is 0 Å². The smallest absolute Gasteiger partial charge is 0.173 e. The zero-order valence-electron chi connectivity index (χ0n) is 12.3. The fourth-order valence-corrected chi connectivity index (χ4v) is 2.30. The van der Waals surface area contributed by atoms with Crippen LogP contribution in [0.3, 0.4) is 0 Å². The van der Waals surface area contributed by atoms with Gasteiger partial charge in [0, 0.05) is 4.47 Å². The Hall–Kier alpha value is -1.27. The van der Waals surface area contributed by atoms with E-state index in [1.165, 1.54) is 0 Å². The number of aromatic nitrogens is 4. The molecule has 5 nitrogen and oxygen atoms in total. The van der Waals surface area contributed by atoms with Crippen molar-refractivity contribution in [3.05, 3.63) is 34.1 Å². The molecule has 2 rings (SSSR count). The average molecular weight is 338 g/mol. The summed E-state index contributed by atoms with van der Waals surface area (Å²) in [6, 6.07) is 6.20. The highest BCUT2D eigenvalue weighted by molar-refractivity contribution is 9.10. The summed E-state index contributed by atoms with van der Waals surface area (Å²) in [5.74, 6) is 1.42. The van der Waals surface area contributed by atoms with Crippen LogP contribution < -0.4 is 5.32 Å². The summed E-state index contributed by atoms with van der Waals surface area (Å²) in [6.45, 7) is 9.44. The molecule has 1 aromatic heterocycles. The molecule has 108 valence electrons. The molecule has 1 aromatic carbocycles. The van der Waals surface area contributed by atoms with Gasteiger partial charge in [0.05, 0.1) is 11.7 Å². The summed E-state index contributed by atoms with van der Waals surface area (Å²) >= 11 is 3.50. The van der Waals surface area contributed by atoms with Crippen LogP contribution in [-0.2, 0) is 0 Å². The third kappa shape index (κ3) is 3.43. The Kier molecular flexibility index (Phi) is 4.88. The highest BCUT2D eigenvalue weighted by Crippen LogP contribution is 2.21. The lowest BCUT2D eigenvalue weighted by atomic mass is 10.2. The minimum Gasteiger partial charge on any atom is -0.307 e. The summed E-state index contributed by atoms with van der Waals surface area (Å²) < 4.78 is 2.82. The van der Waals surface area contributed by atoms with Gasteiger partial charge >= 0.3 is 0 Å². The van der Waals surface area contributed by atoms with E-state index in [1.54, 1.807) is 4.68 Å². The van der Waals surface area contributed by atoms with E-state index in [1.807, 2.05) is 12.1 Å². The van der Waals surface area contributed by atoms with Crippen LogP contribution in [0, 0.1) is 12.8 Å². The van der Waals surface area contributed by atoms with Gasteiger partial charge in [-0.05, 0) is 54.4 Å². The molecule has 0 fully saturated rings. The van der Waals surface area contributed by atoms with Crippen molar-refractivity contribution in [3.63, 3.8) is 0 Å². The number of benzene rings is 1. The van der Waals surface area contributed by atoms with Gasteiger partial charge in [-0.25, -0.2) is 0 Å². The fraction of sp³-hybridized carbons (Fsp3) is 0.500. The monoisotopic (exact) mass is 337 g/mol. The molecule has 0 bridgehead atoms. The number of hydrogen-bond donors (Lipinski definition) is 1. The average Bonchev–Trinajstić information content (AvgIpc) is 2.88. The minimum absolute atomic E-state index is 0.103. The second-order valence-electron chi connectivity index (χ2n) is 5.40. The SMILES string of the molecule is Cc1ccc(Br)cc1-n1nnnc1C(C)NCC(C)C. The summed E-state index contributed by atoms with van der Waals surface area (Å²) in [6.07, 6.45) is 0. The largest absolute Gasteiger partial charge is 0.307 e. The molecular weight excluding hydrogens is 318 g/mol. The lowest BCUT2D eigenvalue weighted by molar-refractivity contribution is 0.474. The Balaban J connectivity index is 2.30. The van der Waals surface area contributed by atoms with Crippen molar-refractivity contribution >= 4 is 15.9 Å². The molecule has 1 atom stereocenters. The van der Waals surface area contributed by atoms with Crippen LogP contribution in [-0.4, -0.2) is 26.8 Å². The predicted molar refractivity (Wildman–Crippen MR) is 82.8 cm³/mol. The van der Waals surface area contributed by atoms with E-state index in [2.05, 4.69) is 70.5 Å². The predicted octanol–water partition coefficient (Wildman–Crippen LogP) is 3.04. The van der Waals surface area contributed by atoms with E-state index in [4.69, 9.17) is 0 Å². The Labute approximate surface area is 127 Å². The molecule has 1 unspecified atom stereocenters. The van der Waals surface area contributed by atoms with E-state index < -0.39 is 0 Å². The summed E-state index contributed by atoms with van der Waals surface area (Å²) in [7, 11) is 0. The molecule has 0 aliphatic carbocycles. The highest BCUT2D eigenvalue weighted by Gasteiger charge is 2.17. The number of nitrogens with zero attached hydrogens (tertiary/aromatic N) is 4. The van der Waals surface area contributed by atoms with Gasteiger partial charge in [-0.2, -0.15) is 4.68 Å². The number of halogens is 1. The molecule has 1 heterocycles. The van der Waals surface area contributed by atoms with Crippen LogP contribution in [0.15, 0.2) is 22.7 Å². The maximum absolute atomic E-state index is 4.17. The van der Waals surface area contributed by atoms with Gasteiger partial charge in [-0.15, -0.1) is 5.10 Å². The summed E-state index contributed by atoms with van der Waals surface area (Å²) in [4.78, 5) is 0. The van der Waals surface area contributed by atoms with Crippen molar-refractivity contribution in [2.45, 2.75) is 33.7 Å². The van der Waals surface area contributed by atoms with Crippen LogP contribution in [0.1, 0.15) is 38.2 Å². The van der Waals surface area contributed by atoms with Gasteiger partial charge in [0.1, 0.15) is 0 Å². The van der Waals surface area contributed by atoms with Crippen molar-refractivity contribution in [2.75, 3.05) is 6.54 Å². The number of rotatable bonds is 5.